The molecule has 0 heterocycles. The Hall–Kier alpha value is -1.38. The summed E-state index contributed by atoms with van der Waals surface area (Å²) in [5.74, 6) is -1.32. The second-order valence-electron chi connectivity index (χ2n) is 4.98. The summed E-state index contributed by atoms with van der Waals surface area (Å²) >= 11 is 0. The van der Waals surface area contributed by atoms with E-state index < -0.39 is 5.79 Å². The van der Waals surface area contributed by atoms with Gasteiger partial charge in [-0.2, -0.15) is 0 Å². The third-order valence-electron chi connectivity index (χ3n) is 3.04. The normalized spacial score (nSPS) is 26.7. The van der Waals surface area contributed by atoms with Gasteiger partial charge in [0.25, 0.3) is 0 Å². The van der Waals surface area contributed by atoms with Crippen molar-refractivity contribution in [1.82, 2.24) is 0 Å². The van der Waals surface area contributed by atoms with Gasteiger partial charge in [-0.3, -0.25) is 0 Å². The van der Waals surface area contributed by atoms with Crippen LogP contribution in [0, 0.1) is 5.41 Å². The Morgan fingerprint density at radius 3 is 2.29 bits per heavy atom. The fourth-order valence-corrected chi connectivity index (χ4v) is 2.03. The van der Waals surface area contributed by atoms with Gasteiger partial charge < -0.3 is 9.84 Å². The summed E-state index contributed by atoms with van der Waals surface area (Å²) in [6, 6.07) is 9.82. The van der Waals surface area contributed by atoms with Gasteiger partial charge in [0.1, 0.15) is 0 Å². The van der Waals surface area contributed by atoms with Crippen molar-refractivity contribution in [3.8, 4) is 0 Å². The zero-order chi connectivity index (χ0) is 12.5. The largest absolute Gasteiger partial charge is 0.359 e. The smallest absolute Gasteiger partial charge is 0.212 e. The molecule has 0 radical (unpaired) electrons. The molecule has 0 aromatic heterocycles. The highest BCUT2D eigenvalue weighted by molar-refractivity contribution is 5.74. The maximum absolute atomic E-state index is 10.4. The Kier molecular flexibility index (Phi) is 2.94. The predicted molar refractivity (Wildman–Crippen MR) is 69.3 cm³/mol. The van der Waals surface area contributed by atoms with Crippen LogP contribution in [0.4, 0.5) is 0 Å². The van der Waals surface area contributed by atoms with Crippen LogP contribution < -0.4 is 0 Å². The summed E-state index contributed by atoms with van der Waals surface area (Å²) in [6.45, 7) is 4.20. The summed E-state index contributed by atoms with van der Waals surface area (Å²) in [5.41, 5.74) is 1.71. The maximum Gasteiger partial charge on any atom is 0.212 e. The van der Waals surface area contributed by atoms with Crippen LogP contribution in [0.2, 0.25) is 0 Å². The first-order valence-electron chi connectivity index (χ1n) is 5.73. The van der Waals surface area contributed by atoms with Crippen LogP contribution in [-0.4, -0.2) is 18.0 Å². The van der Waals surface area contributed by atoms with Crippen LogP contribution in [0.15, 0.2) is 48.6 Å². The lowest BCUT2D eigenvalue weighted by Gasteiger charge is -2.34. The number of aliphatic hydroxyl groups is 1. The van der Waals surface area contributed by atoms with Gasteiger partial charge in [-0.05, 0) is 11.6 Å². The molecule has 0 bridgehead atoms. The van der Waals surface area contributed by atoms with Crippen molar-refractivity contribution in [2.24, 2.45) is 5.41 Å². The van der Waals surface area contributed by atoms with Crippen LogP contribution in [0.1, 0.15) is 19.4 Å². The van der Waals surface area contributed by atoms with E-state index in [1.807, 2.05) is 42.5 Å². The third kappa shape index (κ3) is 2.33. The molecule has 1 N–H and O–H groups in total. The van der Waals surface area contributed by atoms with Gasteiger partial charge in [0, 0.05) is 18.1 Å². The van der Waals surface area contributed by atoms with Gasteiger partial charge in [0.15, 0.2) is 0 Å². The molecule has 0 spiro atoms. The Morgan fingerprint density at radius 2 is 1.71 bits per heavy atom. The molecule has 0 saturated carbocycles. The quantitative estimate of drug-likeness (QED) is 0.625. The molecule has 1 aliphatic carbocycles. The molecule has 0 saturated heterocycles. The molecule has 2 rings (SSSR count). The van der Waals surface area contributed by atoms with Crippen LogP contribution in [0.25, 0.3) is 5.57 Å². The van der Waals surface area contributed by atoms with Crippen molar-refractivity contribution in [3.63, 3.8) is 0 Å². The molecule has 0 fully saturated rings. The average Bonchev–Trinajstić information content (AvgIpc) is 2.34. The molecule has 1 atom stereocenters. The molecule has 2 heteroatoms. The van der Waals surface area contributed by atoms with E-state index in [4.69, 9.17) is 4.74 Å². The summed E-state index contributed by atoms with van der Waals surface area (Å²) in [4.78, 5) is 0. The summed E-state index contributed by atoms with van der Waals surface area (Å²) < 4.78 is 5.24. The number of allylic oxidation sites excluding steroid dienone is 2. The second-order valence-corrected chi connectivity index (χ2v) is 4.98. The Bertz CT molecular complexity index is 457. The SMILES string of the molecule is COC1(O)C=CC(C)(C)C=C1c1ccccc1. The average molecular weight is 230 g/mol. The third-order valence-corrected chi connectivity index (χ3v) is 3.04. The summed E-state index contributed by atoms with van der Waals surface area (Å²) in [5, 5.41) is 10.4. The van der Waals surface area contributed by atoms with Crippen LogP contribution in [0.3, 0.4) is 0 Å². The first-order valence-corrected chi connectivity index (χ1v) is 5.73. The minimum atomic E-state index is -1.32. The van der Waals surface area contributed by atoms with E-state index in [-0.39, 0.29) is 5.41 Å². The van der Waals surface area contributed by atoms with E-state index in [1.165, 1.54) is 7.11 Å². The molecular weight excluding hydrogens is 212 g/mol. The Balaban J connectivity index is 2.51. The van der Waals surface area contributed by atoms with Crippen molar-refractivity contribution in [1.29, 1.82) is 0 Å². The monoisotopic (exact) mass is 230 g/mol. The number of methoxy groups -OCH3 is 1. The first kappa shape index (κ1) is 12.1. The zero-order valence-electron chi connectivity index (χ0n) is 10.5. The summed E-state index contributed by atoms with van der Waals surface area (Å²) in [7, 11) is 1.51. The lowest BCUT2D eigenvalue weighted by Crippen LogP contribution is -2.34. The van der Waals surface area contributed by atoms with E-state index in [9.17, 15) is 5.11 Å². The van der Waals surface area contributed by atoms with Gasteiger partial charge in [-0.15, -0.1) is 0 Å². The fourth-order valence-electron chi connectivity index (χ4n) is 2.03. The predicted octanol–water partition coefficient (Wildman–Crippen LogP) is 3.00. The molecule has 1 aromatic carbocycles. The standard InChI is InChI=1S/C15H18O2/c1-14(2)9-10-15(16,17-3)13(11-14)12-7-5-4-6-8-12/h4-11,16H,1-3H3. The van der Waals surface area contributed by atoms with Gasteiger partial charge in [0.2, 0.25) is 5.79 Å². The molecule has 2 nitrogen and oxygen atoms in total. The van der Waals surface area contributed by atoms with Crippen molar-refractivity contribution < 1.29 is 9.84 Å². The van der Waals surface area contributed by atoms with Crippen molar-refractivity contribution in [3.05, 3.63) is 54.1 Å². The maximum atomic E-state index is 10.4. The zero-order valence-corrected chi connectivity index (χ0v) is 10.5. The topological polar surface area (TPSA) is 29.5 Å². The van der Waals surface area contributed by atoms with Crippen molar-refractivity contribution in [2.75, 3.05) is 7.11 Å². The van der Waals surface area contributed by atoms with Crippen LogP contribution in [-0.2, 0) is 4.74 Å². The Labute approximate surface area is 102 Å². The molecule has 1 aliphatic rings. The van der Waals surface area contributed by atoms with E-state index in [0.29, 0.717) is 0 Å². The summed E-state index contributed by atoms with van der Waals surface area (Å²) in [6.07, 6.45) is 5.73. The van der Waals surface area contributed by atoms with Crippen LogP contribution in [0.5, 0.6) is 0 Å². The highest BCUT2D eigenvalue weighted by Gasteiger charge is 2.35. The molecule has 1 unspecified atom stereocenters. The highest BCUT2D eigenvalue weighted by Crippen LogP contribution is 2.38. The van der Waals surface area contributed by atoms with Crippen molar-refractivity contribution in [2.45, 2.75) is 19.6 Å². The van der Waals surface area contributed by atoms with Gasteiger partial charge in [-0.25, -0.2) is 0 Å². The number of rotatable bonds is 2. The molecule has 17 heavy (non-hydrogen) atoms. The van der Waals surface area contributed by atoms with Gasteiger partial charge in [-0.1, -0.05) is 56.3 Å². The van der Waals surface area contributed by atoms with E-state index >= 15 is 0 Å². The number of ether oxygens (including phenoxy) is 1. The Morgan fingerprint density at radius 1 is 1.06 bits per heavy atom. The number of hydrogen-bond donors (Lipinski definition) is 1. The number of hydrogen-bond acceptors (Lipinski definition) is 2. The van der Waals surface area contributed by atoms with E-state index in [0.717, 1.165) is 11.1 Å². The minimum absolute atomic E-state index is 0.0735. The molecule has 0 amide bonds. The molecule has 1 aromatic rings. The first-order chi connectivity index (χ1) is 7.97. The van der Waals surface area contributed by atoms with Gasteiger partial charge in [0.05, 0.1) is 0 Å². The van der Waals surface area contributed by atoms with Crippen molar-refractivity contribution >= 4 is 5.57 Å². The molecular formula is C15H18O2. The lowest BCUT2D eigenvalue weighted by atomic mass is 9.80. The fraction of sp³-hybridized carbons (Fsp3) is 0.333. The van der Waals surface area contributed by atoms with Gasteiger partial charge >= 0.3 is 0 Å². The second kappa shape index (κ2) is 4.13. The van der Waals surface area contributed by atoms with E-state index in [2.05, 4.69) is 13.8 Å². The lowest BCUT2D eigenvalue weighted by molar-refractivity contribution is -0.0989. The number of benzene rings is 1. The highest BCUT2D eigenvalue weighted by atomic mass is 16.6. The molecule has 90 valence electrons. The minimum Gasteiger partial charge on any atom is -0.359 e. The van der Waals surface area contributed by atoms with E-state index in [1.54, 1.807) is 6.08 Å². The van der Waals surface area contributed by atoms with Crippen LogP contribution >= 0.6 is 0 Å². The molecule has 0 aliphatic heterocycles.